The summed E-state index contributed by atoms with van der Waals surface area (Å²) in [5.74, 6) is 2.16. The zero-order chi connectivity index (χ0) is 15.0. The second-order valence-corrected chi connectivity index (χ2v) is 7.25. The third-order valence-corrected chi connectivity index (χ3v) is 5.95. The molecule has 0 unspecified atom stereocenters. The first-order chi connectivity index (χ1) is 10.1. The van der Waals surface area contributed by atoms with E-state index in [0.717, 1.165) is 29.9 Å². The zero-order valence-electron chi connectivity index (χ0n) is 12.1. The van der Waals surface area contributed by atoms with Crippen LogP contribution in [0.1, 0.15) is 24.3 Å². The predicted octanol–water partition coefficient (Wildman–Crippen LogP) is 0.679. The van der Waals surface area contributed by atoms with Crippen LogP contribution in [0.15, 0.2) is 22.0 Å². The third-order valence-electron chi connectivity index (χ3n) is 4.10. The lowest BCUT2D eigenvalue weighted by Gasteiger charge is -2.21. The molecule has 0 bridgehead atoms. The second-order valence-electron chi connectivity index (χ2n) is 5.22. The van der Waals surface area contributed by atoms with E-state index in [-0.39, 0.29) is 28.2 Å². The molecule has 3 rings (SSSR count). The number of aromatic amines is 1. The highest BCUT2D eigenvalue weighted by Crippen LogP contribution is 2.29. The molecule has 0 atom stereocenters. The minimum Gasteiger partial charge on any atom is -0.313 e. The molecule has 3 heterocycles. The zero-order valence-corrected chi connectivity index (χ0v) is 12.9. The summed E-state index contributed by atoms with van der Waals surface area (Å²) in [7, 11) is 3.41. The molecule has 1 aliphatic heterocycles. The van der Waals surface area contributed by atoms with Crippen LogP contribution in [0.3, 0.4) is 0 Å². The maximum absolute atomic E-state index is 12.5. The number of H-pyrrole nitrogens is 1. The van der Waals surface area contributed by atoms with Crippen molar-refractivity contribution in [2.75, 3.05) is 18.6 Å². The van der Waals surface area contributed by atoms with Gasteiger partial charge in [0.05, 0.1) is 18.8 Å². The van der Waals surface area contributed by atoms with Gasteiger partial charge < -0.3 is 4.98 Å². The Morgan fingerprint density at radius 2 is 2.10 bits per heavy atom. The molecule has 1 fully saturated rings. The molecule has 1 saturated heterocycles. The van der Waals surface area contributed by atoms with Crippen molar-refractivity contribution in [3.05, 3.63) is 38.7 Å². The summed E-state index contributed by atoms with van der Waals surface area (Å²) in [6.07, 6.45) is 3.18. The highest BCUT2D eigenvalue weighted by atomic mass is 32.2. The lowest BCUT2D eigenvalue weighted by atomic mass is 9.94. The molecule has 1 N–H and O–H groups in total. The van der Waals surface area contributed by atoms with E-state index >= 15 is 0 Å². The van der Waals surface area contributed by atoms with Crippen molar-refractivity contribution < 1.29 is 4.18 Å². The Balaban J connectivity index is 2.08. The molecule has 0 amide bonds. The van der Waals surface area contributed by atoms with Gasteiger partial charge in [-0.05, 0) is 12.0 Å². The van der Waals surface area contributed by atoms with Gasteiger partial charge in [-0.25, -0.2) is 4.98 Å². The van der Waals surface area contributed by atoms with Gasteiger partial charge in [-0.1, -0.05) is 0 Å². The number of hydrogen-bond donors (Lipinski definition) is 1. The first-order valence-electron chi connectivity index (χ1n) is 6.91. The largest absolute Gasteiger partial charge is 0.313 e. The van der Waals surface area contributed by atoms with Crippen molar-refractivity contribution >= 4 is 22.2 Å². The number of rotatable bonds is 2. The van der Waals surface area contributed by atoms with Crippen molar-refractivity contribution in [2.45, 2.75) is 18.8 Å². The Labute approximate surface area is 124 Å². The minimum atomic E-state index is -0.204. The SMILES string of the molecule is CO[S+]1CCC(c2cc3c(=O)[nH]cnc3n(C)c2=O)CC1. The van der Waals surface area contributed by atoms with Crippen LogP contribution in [0.2, 0.25) is 0 Å². The summed E-state index contributed by atoms with van der Waals surface area (Å²) in [5.41, 5.74) is 0.900. The molecular formula is C14H18N3O3S+. The maximum Gasteiger partial charge on any atom is 0.260 e. The van der Waals surface area contributed by atoms with Crippen LogP contribution >= 0.6 is 0 Å². The van der Waals surface area contributed by atoms with Crippen LogP contribution < -0.4 is 11.1 Å². The van der Waals surface area contributed by atoms with E-state index in [1.807, 2.05) is 0 Å². The van der Waals surface area contributed by atoms with Gasteiger partial charge in [-0.3, -0.25) is 14.2 Å². The summed E-state index contributed by atoms with van der Waals surface area (Å²) < 4.78 is 6.87. The molecule has 2 aromatic heterocycles. The monoisotopic (exact) mass is 308 g/mol. The van der Waals surface area contributed by atoms with Crippen molar-refractivity contribution in [1.29, 1.82) is 0 Å². The second kappa shape index (κ2) is 5.65. The van der Waals surface area contributed by atoms with Gasteiger partial charge in [-0.15, -0.1) is 0 Å². The van der Waals surface area contributed by atoms with E-state index in [1.165, 1.54) is 10.9 Å². The molecule has 7 heteroatoms. The van der Waals surface area contributed by atoms with Gasteiger partial charge in [0, 0.05) is 25.5 Å². The van der Waals surface area contributed by atoms with Crippen LogP contribution in [0.5, 0.6) is 0 Å². The standard InChI is InChI=1S/C14H17N3O3S/c1-17-12-11(13(18)16-8-15-12)7-10(14(17)19)9-3-5-21(20-2)6-4-9/h7-9H,3-6H2,1-2H3/p+1. The smallest absolute Gasteiger partial charge is 0.260 e. The van der Waals surface area contributed by atoms with Crippen molar-refractivity contribution in [3.8, 4) is 0 Å². The van der Waals surface area contributed by atoms with E-state index in [2.05, 4.69) is 9.97 Å². The number of nitrogens with zero attached hydrogens (tertiary/aromatic N) is 2. The van der Waals surface area contributed by atoms with Crippen LogP contribution in [0.25, 0.3) is 11.0 Å². The molecule has 112 valence electrons. The Hall–Kier alpha value is -1.60. The highest BCUT2D eigenvalue weighted by molar-refractivity contribution is 7.92. The molecular weight excluding hydrogens is 290 g/mol. The molecule has 0 spiro atoms. The summed E-state index contributed by atoms with van der Waals surface area (Å²) in [6, 6.07) is 1.73. The summed E-state index contributed by atoms with van der Waals surface area (Å²) >= 11 is 0.0213. The molecule has 0 saturated carbocycles. The molecule has 0 aromatic carbocycles. The van der Waals surface area contributed by atoms with Crippen LogP contribution in [-0.4, -0.2) is 33.2 Å². The number of aromatic nitrogens is 3. The van der Waals surface area contributed by atoms with Gasteiger partial charge in [0.1, 0.15) is 28.3 Å². The van der Waals surface area contributed by atoms with E-state index in [1.54, 1.807) is 20.2 Å². The fourth-order valence-corrected chi connectivity index (χ4v) is 4.50. The number of nitrogens with one attached hydrogen (secondary N) is 1. The molecule has 21 heavy (non-hydrogen) atoms. The third kappa shape index (κ3) is 2.51. The predicted molar refractivity (Wildman–Crippen MR) is 83.7 cm³/mol. The summed E-state index contributed by atoms with van der Waals surface area (Å²) in [4.78, 5) is 31.1. The van der Waals surface area contributed by atoms with Gasteiger partial charge in [-0.2, -0.15) is 4.18 Å². The topological polar surface area (TPSA) is 77.0 Å². The molecule has 0 radical (unpaired) electrons. The number of fused-ring (bicyclic) bond motifs is 1. The van der Waals surface area contributed by atoms with Gasteiger partial charge in [0.25, 0.3) is 11.1 Å². The highest BCUT2D eigenvalue weighted by Gasteiger charge is 2.31. The Morgan fingerprint density at radius 1 is 1.38 bits per heavy atom. The fourth-order valence-electron chi connectivity index (χ4n) is 2.87. The molecule has 1 aliphatic rings. The number of pyridine rings is 1. The van der Waals surface area contributed by atoms with Gasteiger partial charge >= 0.3 is 0 Å². The average molecular weight is 308 g/mol. The average Bonchev–Trinajstić information content (AvgIpc) is 2.51. The van der Waals surface area contributed by atoms with Crippen LogP contribution in [-0.2, 0) is 22.4 Å². The molecule has 0 aliphatic carbocycles. The summed E-state index contributed by atoms with van der Waals surface area (Å²) in [6.45, 7) is 0. The van der Waals surface area contributed by atoms with Crippen molar-refractivity contribution in [1.82, 2.24) is 14.5 Å². The molecule has 2 aromatic rings. The molecule has 6 nitrogen and oxygen atoms in total. The Bertz CT molecular complexity index is 775. The first kappa shape index (κ1) is 14.3. The lowest BCUT2D eigenvalue weighted by Crippen LogP contribution is -2.30. The van der Waals surface area contributed by atoms with Gasteiger partial charge in [0.2, 0.25) is 0 Å². The minimum absolute atomic E-state index is 0.0213. The number of hydrogen-bond acceptors (Lipinski definition) is 4. The van der Waals surface area contributed by atoms with E-state index in [9.17, 15) is 9.59 Å². The van der Waals surface area contributed by atoms with E-state index < -0.39 is 0 Å². The number of aryl methyl sites for hydroxylation is 1. The van der Waals surface area contributed by atoms with Crippen molar-refractivity contribution in [3.63, 3.8) is 0 Å². The lowest BCUT2D eigenvalue weighted by molar-refractivity contribution is 0.457. The fraction of sp³-hybridized carbons (Fsp3) is 0.500. The first-order valence-corrected chi connectivity index (χ1v) is 8.40. The Kier molecular flexibility index (Phi) is 3.86. The van der Waals surface area contributed by atoms with E-state index in [4.69, 9.17) is 4.18 Å². The van der Waals surface area contributed by atoms with E-state index in [0.29, 0.717) is 11.0 Å². The van der Waals surface area contributed by atoms with Gasteiger partial charge in [0.15, 0.2) is 0 Å². The normalized spacial score (nSPS) is 22.6. The maximum atomic E-state index is 12.5. The van der Waals surface area contributed by atoms with Crippen molar-refractivity contribution in [2.24, 2.45) is 7.05 Å². The quantitative estimate of drug-likeness (QED) is 0.828. The van der Waals surface area contributed by atoms with Crippen LogP contribution in [0.4, 0.5) is 0 Å². The van der Waals surface area contributed by atoms with Crippen LogP contribution in [0, 0.1) is 0 Å². The Morgan fingerprint density at radius 3 is 2.76 bits per heavy atom. The summed E-state index contributed by atoms with van der Waals surface area (Å²) in [5, 5.41) is 0.478.